The van der Waals surface area contributed by atoms with E-state index in [-0.39, 0.29) is 32.8 Å². The molecule has 0 spiro atoms. The molecule has 1 N–H and O–H groups in total. The maximum absolute atomic E-state index is 10.9. The highest BCUT2D eigenvalue weighted by Crippen LogP contribution is 2.27. The molecule has 2 unspecified atom stereocenters. The fourth-order valence-corrected chi connectivity index (χ4v) is 2.27. The maximum atomic E-state index is 10.9. The van der Waals surface area contributed by atoms with E-state index in [2.05, 4.69) is 34.1 Å². The standard InChI is InChI=1S/C13H14INO4/c1-2-10(16)5-4-8-19-9-11-12(14)6-3-7-13(11)15(17)18/h3,6-8,11-12,16H,2,9H2,1H3. The van der Waals surface area contributed by atoms with Gasteiger partial charge in [-0.1, -0.05) is 41.7 Å². The largest absolute Gasteiger partial charge is 0.504 e. The minimum atomic E-state index is -0.383. The van der Waals surface area contributed by atoms with Crippen molar-refractivity contribution in [2.75, 3.05) is 6.61 Å². The van der Waals surface area contributed by atoms with Crippen LogP contribution in [-0.2, 0) is 4.74 Å². The van der Waals surface area contributed by atoms with Gasteiger partial charge in [-0.05, 0) is 11.5 Å². The zero-order valence-corrected chi connectivity index (χ0v) is 12.5. The van der Waals surface area contributed by atoms with Crippen LogP contribution in [0.2, 0.25) is 0 Å². The smallest absolute Gasteiger partial charge is 0.254 e. The number of allylic oxidation sites excluding steroid dienone is 4. The van der Waals surface area contributed by atoms with E-state index in [1.807, 2.05) is 6.08 Å². The van der Waals surface area contributed by atoms with Gasteiger partial charge in [0.25, 0.3) is 5.70 Å². The molecule has 0 bridgehead atoms. The summed E-state index contributed by atoms with van der Waals surface area (Å²) in [4.78, 5) is 10.5. The van der Waals surface area contributed by atoms with Gasteiger partial charge in [-0.25, -0.2) is 0 Å². The molecular weight excluding hydrogens is 361 g/mol. The van der Waals surface area contributed by atoms with Gasteiger partial charge >= 0.3 is 0 Å². The number of ether oxygens (including phenoxy) is 1. The van der Waals surface area contributed by atoms with E-state index in [4.69, 9.17) is 9.84 Å². The molecule has 0 saturated heterocycles. The number of hydrogen-bond donors (Lipinski definition) is 1. The summed E-state index contributed by atoms with van der Waals surface area (Å²) in [5.74, 6) is -0.222. The Morgan fingerprint density at radius 3 is 3.11 bits per heavy atom. The first-order valence-electron chi connectivity index (χ1n) is 5.72. The van der Waals surface area contributed by atoms with Gasteiger partial charge in [0.15, 0.2) is 0 Å². The van der Waals surface area contributed by atoms with Crippen LogP contribution < -0.4 is 0 Å². The van der Waals surface area contributed by atoms with Gasteiger partial charge < -0.3 is 9.84 Å². The minimum absolute atomic E-state index is 0.0139. The minimum Gasteiger partial charge on any atom is -0.504 e. The van der Waals surface area contributed by atoms with Crippen LogP contribution in [0.3, 0.4) is 0 Å². The van der Waals surface area contributed by atoms with Crippen molar-refractivity contribution in [1.82, 2.24) is 0 Å². The molecule has 5 nitrogen and oxygen atoms in total. The third-order valence-electron chi connectivity index (χ3n) is 2.51. The molecule has 0 heterocycles. The number of aliphatic hydroxyl groups excluding tert-OH is 1. The Morgan fingerprint density at radius 1 is 1.74 bits per heavy atom. The van der Waals surface area contributed by atoms with Gasteiger partial charge in [0.1, 0.15) is 18.6 Å². The SMILES string of the molecule is CCC(O)=C=C=COCC1C([N+](=O)[O-])=CC=CC1I. The fraction of sp³-hybridized carbons (Fsp3) is 0.385. The van der Waals surface area contributed by atoms with Crippen LogP contribution >= 0.6 is 22.6 Å². The monoisotopic (exact) mass is 375 g/mol. The molecule has 1 aliphatic rings. The molecule has 6 heteroatoms. The van der Waals surface area contributed by atoms with Gasteiger partial charge in [0.05, 0.1) is 10.8 Å². The highest BCUT2D eigenvalue weighted by molar-refractivity contribution is 14.1. The molecule has 0 amide bonds. The Bertz CT molecular complexity index is 497. The van der Waals surface area contributed by atoms with Crippen molar-refractivity contribution in [2.45, 2.75) is 17.3 Å². The molecule has 2 atom stereocenters. The summed E-state index contributed by atoms with van der Waals surface area (Å²) in [7, 11) is 0. The van der Waals surface area contributed by atoms with E-state index in [1.54, 1.807) is 13.0 Å². The van der Waals surface area contributed by atoms with Crippen LogP contribution in [-0.4, -0.2) is 20.6 Å². The molecule has 102 valence electrons. The van der Waals surface area contributed by atoms with E-state index >= 15 is 0 Å². The zero-order valence-electron chi connectivity index (χ0n) is 10.4. The van der Waals surface area contributed by atoms with Crippen LogP contribution in [0.1, 0.15) is 13.3 Å². The molecule has 0 aromatic carbocycles. The lowest BCUT2D eigenvalue weighted by Gasteiger charge is -2.19. The van der Waals surface area contributed by atoms with Crippen LogP contribution in [0.4, 0.5) is 0 Å². The first kappa shape index (κ1) is 15.6. The summed E-state index contributed by atoms with van der Waals surface area (Å²) in [5.41, 5.74) is 5.18. The zero-order chi connectivity index (χ0) is 14.3. The lowest BCUT2D eigenvalue weighted by Crippen LogP contribution is -2.26. The topological polar surface area (TPSA) is 72.6 Å². The number of halogens is 1. The molecular formula is C13H14INO4. The number of aliphatic hydroxyl groups is 1. The van der Waals surface area contributed by atoms with E-state index in [9.17, 15) is 10.1 Å². The average Bonchev–Trinajstić information content (AvgIpc) is 2.39. The molecule has 1 aliphatic carbocycles. The van der Waals surface area contributed by atoms with Crippen LogP contribution in [0.25, 0.3) is 0 Å². The lowest BCUT2D eigenvalue weighted by molar-refractivity contribution is -0.434. The van der Waals surface area contributed by atoms with Crippen molar-refractivity contribution < 1.29 is 14.8 Å². The molecule has 0 aromatic heterocycles. The van der Waals surface area contributed by atoms with Crippen molar-refractivity contribution >= 4 is 22.6 Å². The molecule has 0 saturated carbocycles. The van der Waals surface area contributed by atoms with Crippen molar-refractivity contribution in [3.05, 3.63) is 57.5 Å². The third-order valence-corrected chi connectivity index (χ3v) is 3.79. The Labute approximate surface area is 124 Å². The molecule has 0 aromatic rings. The quantitative estimate of drug-likeness (QED) is 0.200. The fourth-order valence-electron chi connectivity index (χ4n) is 1.45. The van der Waals surface area contributed by atoms with Gasteiger partial charge in [0.2, 0.25) is 0 Å². The average molecular weight is 375 g/mol. The van der Waals surface area contributed by atoms with Crippen molar-refractivity contribution in [3.63, 3.8) is 0 Å². The molecule has 19 heavy (non-hydrogen) atoms. The second-order valence-corrected chi connectivity index (χ2v) is 5.24. The summed E-state index contributed by atoms with van der Waals surface area (Å²) in [6, 6.07) is 0. The predicted molar refractivity (Wildman–Crippen MR) is 79.5 cm³/mol. The summed E-state index contributed by atoms with van der Waals surface area (Å²) < 4.78 is 5.23. The number of rotatable bonds is 5. The second kappa shape index (κ2) is 7.84. The summed E-state index contributed by atoms with van der Waals surface area (Å²) in [5, 5.41) is 20.0. The van der Waals surface area contributed by atoms with E-state index in [0.29, 0.717) is 6.42 Å². The summed E-state index contributed by atoms with van der Waals surface area (Å²) >= 11 is 2.14. The van der Waals surface area contributed by atoms with Crippen LogP contribution in [0.15, 0.2) is 47.4 Å². The van der Waals surface area contributed by atoms with Crippen LogP contribution in [0, 0.1) is 16.0 Å². The predicted octanol–water partition coefficient (Wildman–Crippen LogP) is 3.27. The Hall–Kier alpha value is -1.49. The highest BCUT2D eigenvalue weighted by Gasteiger charge is 2.31. The van der Waals surface area contributed by atoms with E-state index in [1.165, 1.54) is 12.3 Å². The van der Waals surface area contributed by atoms with Gasteiger partial charge in [-0.15, -0.1) is 0 Å². The molecule has 0 fully saturated rings. The first-order chi connectivity index (χ1) is 9.06. The number of alkyl halides is 1. The Kier molecular flexibility index (Phi) is 6.42. The van der Waals surface area contributed by atoms with Gasteiger partial charge in [0, 0.05) is 16.4 Å². The first-order valence-corrected chi connectivity index (χ1v) is 6.97. The highest BCUT2D eigenvalue weighted by atomic mass is 127. The number of hydrogen-bond acceptors (Lipinski definition) is 4. The normalized spacial score (nSPS) is 20.8. The third kappa shape index (κ3) is 4.95. The Morgan fingerprint density at radius 2 is 2.47 bits per heavy atom. The molecule has 1 rings (SSSR count). The van der Waals surface area contributed by atoms with Crippen LogP contribution in [0.5, 0.6) is 0 Å². The Balaban J connectivity index is 2.66. The molecule has 0 radical (unpaired) electrons. The number of nitrogens with zero attached hydrogens (tertiary/aromatic N) is 1. The summed E-state index contributed by atoms with van der Waals surface area (Å²) in [6.45, 7) is 1.97. The van der Waals surface area contributed by atoms with Gasteiger partial charge in [-0.3, -0.25) is 10.1 Å². The van der Waals surface area contributed by atoms with Crippen molar-refractivity contribution in [1.29, 1.82) is 0 Å². The van der Waals surface area contributed by atoms with E-state index in [0.717, 1.165) is 0 Å². The van der Waals surface area contributed by atoms with E-state index < -0.39 is 0 Å². The van der Waals surface area contributed by atoms with Crippen molar-refractivity contribution in [3.8, 4) is 0 Å². The lowest BCUT2D eigenvalue weighted by atomic mass is 9.98. The second-order valence-electron chi connectivity index (χ2n) is 3.81. The maximum Gasteiger partial charge on any atom is 0.254 e. The van der Waals surface area contributed by atoms with Crippen molar-refractivity contribution in [2.24, 2.45) is 5.92 Å². The number of nitro groups is 1. The summed E-state index contributed by atoms with van der Waals surface area (Å²) in [6.07, 6.45) is 6.79. The molecule has 0 aliphatic heterocycles. The van der Waals surface area contributed by atoms with Gasteiger partial charge in [-0.2, -0.15) is 0 Å².